The number of benzene rings is 1. The molecule has 24 heavy (non-hydrogen) atoms. The number of anilines is 1. The Labute approximate surface area is 144 Å². The molecule has 0 aliphatic heterocycles. The van der Waals surface area contributed by atoms with Crippen LogP contribution in [0.25, 0.3) is 0 Å². The molecular weight excluding hydrogens is 330 g/mol. The molecule has 1 aromatic heterocycles. The summed E-state index contributed by atoms with van der Waals surface area (Å²) in [6.07, 6.45) is 0.158. The number of ether oxygens (including phenoxy) is 2. The van der Waals surface area contributed by atoms with Gasteiger partial charge in [0.1, 0.15) is 11.5 Å². The number of carbonyl (C=O) groups excluding carboxylic acids is 2. The summed E-state index contributed by atoms with van der Waals surface area (Å²) in [6, 6.07) is 4.90. The second kappa shape index (κ2) is 8.30. The van der Waals surface area contributed by atoms with Gasteiger partial charge in [-0.1, -0.05) is 0 Å². The van der Waals surface area contributed by atoms with E-state index in [9.17, 15) is 9.59 Å². The van der Waals surface area contributed by atoms with Gasteiger partial charge >= 0.3 is 0 Å². The van der Waals surface area contributed by atoms with Gasteiger partial charge in [0.25, 0.3) is 5.91 Å². The third-order valence-corrected chi connectivity index (χ3v) is 3.99. The Bertz CT molecular complexity index is 708. The van der Waals surface area contributed by atoms with Crippen LogP contribution in [-0.4, -0.2) is 37.6 Å². The Morgan fingerprint density at radius 1 is 1.17 bits per heavy atom. The number of amides is 2. The third-order valence-electron chi connectivity index (χ3n) is 3.12. The topological polar surface area (TPSA) is 89.5 Å². The van der Waals surface area contributed by atoms with Crippen LogP contribution in [-0.2, 0) is 4.79 Å². The molecule has 2 rings (SSSR count). The van der Waals surface area contributed by atoms with Crippen LogP contribution < -0.4 is 20.1 Å². The maximum Gasteiger partial charge on any atom is 0.251 e. The van der Waals surface area contributed by atoms with Gasteiger partial charge in [-0.25, -0.2) is 4.98 Å². The summed E-state index contributed by atoms with van der Waals surface area (Å²) < 4.78 is 10.3. The molecule has 0 aliphatic rings. The van der Waals surface area contributed by atoms with Crippen LogP contribution >= 0.6 is 11.3 Å². The Balaban J connectivity index is 1.85. The highest BCUT2D eigenvalue weighted by molar-refractivity contribution is 7.13. The van der Waals surface area contributed by atoms with Crippen LogP contribution in [0.15, 0.2) is 23.6 Å². The number of carbonyl (C=O) groups is 2. The van der Waals surface area contributed by atoms with Gasteiger partial charge in [0, 0.05) is 30.0 Å². The number of thiazole rings is 1. The highest BCUT2D eigenvalue weighted by atomic mass is 32.1. The Morgan fingerprint density at radius 3 is 2.38 bits per heavy atom. The van der Waals surface area contributed by atoms with E-state index in [2.05, 4.69) is 15.6 Å². The number of rotatable bonds is 7. The largest absolute Gasteiger partial charge is 0.497 e. The maximum absolute atomic E-state index is 12.2. The highest BCUT2D eigenvalue weighted by Gasteiger charge is 2.11. The zero-order valence-electron chi connectivity index (χ0n) is 13.7. The molecule has 7 nitrogen and oxygen atoms in total. The number of hydrogen-bond donors (Lipinski definition) is 2. The van der Waals surface area contributed by atoms with Crippen molar-refractivity contribution in [3.8, 4) is 11.5 Å². The molecule has 8 heteroatoms. The minimum Gasteiger partial charge on any atom is -0.497 e. The quantitative estimate of drug-likeness (QED) is 0.800. The van der Waals surface area contributed by atoms with Crippen molar-refractivity contribution in [1.29, 1.82) is 0 Å². The minimum atomic E-state index is -0.301. The zero-order valence-corrected chi connectivity index (χ0v) is 14.5. The van der Waals surface area contributed by atoms with Gasteiger partial charge in [0.2, 0.25) is 5.91 Å². The van der Waals surface area contributed by atoms with Gasteiger partial charge in [0.05, 0.1) is 19.9 Å². The van der Waals surface area contributed by atoms with Crippen LogP contribution in [0.3, 0.4) is 0 Å². The van der Waals surface area contributed by atoms with E-state index in [1.54, 1.807) is 18.2 Å². The van der Waals surface area contributed by atoms with Crippen molar-refractivity contribution in [2.24, 2.45) is 0 Å². The normalized spacial score (nSPS) is 10.1. The molecule has 0 saturated heterocycles. The summed E-state index contributed by atoms with van der Waals surface area (Å²) in [5, 5.41) is 7.80. The molecule has 1 heterocycles. The summed E-state index contributed by atoms with van der Waals surface area (Å²) in [7, 11) is 3.03. The van der Waals surface area contributed by atoms with Gasteiger partial charge < -0.3 is 20.1 Å². The highest BCUT2D eigenvalue weighted by Crippen LogP contribution is 2.22. The minimum absolute atomic E-state index is 0.158. The lowest BCUT2D eigenvalue weighted by molar-refractivity contribution is -0.116. The predicted octanol–water partition coefficient (Wildman–Crippen LogP) is 2.23. The lowest BCUT2D eigenvalue weighted by Gasteiger charge is -2.09. The summed E-state index contributed by atoms with van der Waals surface area (Å²) in [5.41, 5.74) is 1.26. The van der Waals surface area contributed by atoms with Gasteiger partial charge in [-0.3, -0.25) is 9.59 Å². The van der Waals surface area contributed by atoms with Crippen molar-refractivity contribution in [3.05, 3.63) is 34.8 Å². The first-order valence-electron chi connectivity index (χ1n) is 7.25. The van der Waals surface area contributed by atoms with Gasteiger partial charge in [-0.15, -0.1) is 11.3 Å². The fraction of sp³-hybridized carbons (Fsp3) is 0.312. The molecule has 2 aromatic rings. The lowest BCUT2D eigenvalue weighted by atomic mass is 10.2. The van der Waals surface area contributed by atoms with Gasteiger partial charge in [-0.05, 0) is 19.1 Å². The standard InChI is InChI=1S/C16H19N3O4S/c1-10-9-24-16(18-10)19-14(20)4-5-17-15(21)11-6-12(22-2)8-13(7-11)23-3/h6-9H,4-5H2,1-3H3,(H,17,21)(H,18,19,20). The number of nitrogens with one attached hydrogen (secondary N) is 2. The number of methoxy groups -OCH3 is 2. The molecule has 0 atom stereocenters. The van der Waals surface area contributed by atoms with Crippen LogP contribution in [0.2, 0.25) is 0 Å². The van der Waals surface area contributed by atoms with Crippen molar-refractivity contribution in [3.63, 3.8) is 0 Å². The Hall–Kier alpha value is -2.61. The fourth-order valence-electron chi connectivity index (χ4n) is 1.92. The Kier molecular flexibility index (Phi) is 6.14. The maximum atomic E-state index is 12.2. The molecule has 0 radical (unpaired) electrons. The molecule has 0 fully saturated rings. The van der Waals surface area contributed by atoms with Crippen LogP contribution in [0.5, 0.6) is 11.5 Å². The third kappa shape index (κ3) is 4.95. The second-order valence-corrected chi connectivity index (χ2v) is 5.81. The second-order valence-electron chi connectivity index (χ2n) is 4.95. The molecule has 128 valence electrons. The van der Waals surface area contributed by atoms with Crippen LogP contribution in [0, 0.1) is 6.92 Å². The van der Waals surface area contributed by atoms with Crippen molar-refractivity contribution in [1.82, 2.24) is 10.3 Å². The molecule has 1 aromatic carbocycles. The molecular formula is C16H19N3O4S. The van der Waals surface area contributed by atoms with Gasteiger partial charge in [0.15, 0.2) is 5.13 Å². The van der Waals surface area contributed by atoms with Crippen molar-refractivity contribution < 1.29 is 19.1 Å². The average Bonchev–Trinajstić information content (AvgIpc) is 2.98. The smallest absolute Gasteiger partial charge is 0.251 e. The summed E-state index contributed by atoms with van der Waals surface area (Å²) in [6.45, 7) is 2.07. The summed E-state index contributed by atoms with van der Waals surface area (Å²) >= 11 is 1.36. The van der Waals surface area contributed by atoms with E-state index >= 15 is 0 Å². The first-order valence-corrected chi connectivity index (χ1v) is 8.13. The number of aryl methyl sites for hydroxylation is 1. The number of hydrogen-bond acceptors (Lipinski definition) is 6. The van der Waals surface area contributed by atoms with Crippen LogP contribution in [0.4, 0.5) is 5.13 Å². The number of aromatic nitrogens is 1. The molecule has 2 N–H and O–H groups in total. The number of nitrogens with zero attached hydrogens (tertiary/aromatic N) is 1. The van der Waals surface area contributed by atoms with E-state index in [0.717, 1.165) is 5.69 Å². The van der Waals surface area contributed by atoms with Crippen LogP contribution in [0.1, 0.15) is 22.5 Å². The van der Waals surface area contributed by atoms with Crippen molar-refractivity contribution >= 4 is 28.3 Å². The molecule has 2 amide bonds. The average molecular weight is 349 g/mol. The monoisotopic (exact) mass is 349 g/mol. The first-order chi connectivity index (χ1) is 11.5. The lowest BCUT2D eigenvalue weighted by Crippen LogP contribution is -2.27. The summed E-state index contributed by atoms with van der Waals surface area (Å²) in [5.74, 6) is 0.547. The van der Waals surface area contributed by atoms with E-state index in [1.807, 2.05) is 12.3 Å². The SMILES string of the molecule is COc1cc(OC)cc(C(=O)NCCC(=O)Nc2nc(C)cs2)c1. The molecule has 0 aliphatic carbocycles. The van der Waals surface area contributed by atoms with Crippen molar-refractivity contribution in [2.75, 3.05) is 26.1 Å². The van der Waals surface area contributed by atoms with E-state index in [4.69, 9.17) is 9.47 Å². The predicted molar refractivity (Wildman–Crippen MR) is 92.0 cm³/mol. The first kappa shape index (κ1) is 17.7. The molecule has 0 bridgehead atoms. The van der Waals surface area contributed by atoms with Gasteiger partial charge in [-0.2, -0.15) is 0 Å². The van der Waals surface area contributed by atoms with Crippen molar-refractivity contribution in [2.45, 2.75) is 13.3 Å². The van der Waals surface area contributed by atoms with E-state index in [1.165, 1.54) is 25.6 Å². The Morgan fingerprint density at radius 2 is 1.83 bits per heavy atom. The summed E-state index contributed by atoms with van der Waals surface area (Å²) in [4.78, 5) is 28.1. The van der Waals surface area contributed by atoms with E-state index in [0.29, 0.717) is 22.2 Å². The van der Waals surface area contributed by atoms with E-state index < -0.39 is 0 Å². The van der Waals surface area contributed by atoms with E-state index in [-0.39, 0.29) is 24.8 Å². The molecule has 0 spiro atoms. The zero-order chi connectivity index (χ0) is 17.5. The molecule has 0 saturated carbocycles. The fourth-order valence-corrected chi connectivity index (χ4v) is 2.63. The molecule has 0 unspecified atom stereocenters.